The van der Waals surface area contributed by atoms with Crippen molar-refractivity contribution >= 4 is 11.9 Å². The van der Waals surface area contributed by atoms with E-state index in [0.29, 0.717) is 12.5 Å². The highest BCUT2D eigenvalue weighted by Gasteiger charge is 2.17. The van der Waals surface area contributed by atoms with Crippen molar-refractivity contribution in [3.05, 3.63) is 0 Å². The minimum Gasteiger partial charge on any atom is -0.468 e. The van der Waals surface area contributed by atoms with Crippen LogP contribution in [0.5, 0.6) is 0 Å². The van der Waals surface area contributed by atoms with Crippen LogP contribution in [0.3, 0.4) is 0 Å². The molecule has 0 aromatic rings. The number of hydrogen-bond acceptors (Lipinski definition) is 4. The summed E-state index contributed by atoms with van der Waals surface area (Å²) in [4.78, 5) is 24.7. The Bertz CT molecular complexity index is 265. The van der Waals surface area contributed by atoms with Crippen molar-refractivity contribution in [1.82, 2.24) is 10.2 Å². The standard InChI is InChI=1S/C13H26N2O3/c1-10(2)6-7-14-12(16)8-15(11(3)4)9-13(17)18-5/h10-11H,6-9H2,1-5H3,(H,14,16). The van der Waals surface area contributed by atoms with Gasteiger partial charge < -0.3 is 10.1 Å². The van der Waals surface area contributed by atoms with Crippen LogP contribution in [0.15, 0.2) is 0 Å². The monoisotopic (exact) mass is 258 g/mol. The van der Waals surface area contributed by atoms with Gasteiger partial charge in [0, 0.05) is 12.6 Å². The van der Waals surface area contributed by atoms with Gasteiger partial charge in [-0.25, -0.2) is 0 Å². The van der Waals surface area contributed by atoms with Gasteiger partial charge in [0.1, 0.15) is 0 Å². The van der Waals surface area contributed by atoms with Crippen LogP contribution in [0.4, 0.5) is 0 Å². The van der Waals surface area contributed by atoms with E-state index in [-0.39, 0.29) is 31.0 Å². The van der Waals surface area contributed by atoms with Crippen LogP contribution in [-0.4, -0.2) is 49.6 Å². The van der Waals surface area contributed by atoms with Crippen molar-refractivity contribution in [3.8, 4) is 0 Å². The van der Waals surface area contributed by atoms with Gasteiger partial charge in [0.15, 0.2) is 0 Å². The number of ether oxygens (including phenoxy) is 1. The maximum absolute atomic E-state index is 11.7. The van der Waals surface area contributed by atoms with Crippen molar-refractivity contribution in [2.24, 2.45) is 5.92 Å². The fourth-order valence-corrected chi connectivity index (χ4v) is 1.39. The van der Waals surface area contributed by atoms with Gasteiger partial charge in [-0.05, 0) is 26.2 Å². The molecule has 0 aliphatic rings. The van der Waals surface area contributed by atoms with E-state index in [1.54, 1.807) is 4.90 Å². The normalized spacial score (nSPS) is 11.1. The van der Waals surface area contributed by atoms with Gasteiger partial charge in [-0.3, -0.25) is 14.5 Å². The lowest BCUT2D eigenvalue weighted by Crippen LogP contribution is -2.43. The molecule has 1 amide bonds. The van der Waals surface area contributed by atoms with E-state index in [4.69, 9.17) is 0 Å². The number of methoxy groups -OCH3 is 1. The SMILES string of the molecule is COC(=O)CN(CC(=O)NCCC(C)C)C(C)C. The highest BCUT2D eigenvalue weighted by Crippen LogP contribution is 1.99. The molecule has 0 aliphatic carbocycles. The maximum Gasteiger partial charge on any atom is 0.319 e. The summed E-state index contributed by atoms with van der Waals surface area (Å²) in [7, 11) is 1.35. The van der Waals surface area contributed by atoms with Gasteiger partial charge in [-0.2, -0.15) is 0 Å². The molecule has 0 fully saturated rings. The fraction of sp³-hybridized carbons (Fsp3) is 0.846. The predicted molar refractivity (Wildman–Crippen MR) is 71.2 cm³/mol. The minimum absolute atomic E-state index is 0.0479. The van der Waals surface area contributed by atoms with Gasteiger partial charge in [0.25, 0.3) is 0 Å². The van der Waals surface area contributed by atoms with E-state index in [9.17, 15) is 9.59 Å². The summed E-state index contributed by atoms with van der Waals surface area (Å²) in [5, 5.41) is 2.86. The van der Waals surface area contributed by atoms with Crippen LogP contribution in [0.2, 0.25) is 0 Å². The van der Waals surface area contributed by atoms with Gasteiger partial charge in [0.05, 0.1) is 20.2 Å². The average molecular weight is 258 g/mol. The van der Waals surface area contributed by atoms with Crippen molar-refractivity contribution in [2.45, 2.75) is 40.2 Å². The number of rotatable bonds is 8. The van der Waals surface area contributed by atoms with Crippen LogP contribution in [0, 0.1) is 5.92 Å². The van der Waals surface area contributed by atoms with E-state index in [1.807, 2.05) is 13.8 Å². The van der Waals surface area contributed by atoms with E-state index in [1.165, 1.54) is 7.11 Å². The number of nitrogens with one attached hydrogen (secondary N) is 1. The number of amides is 1. The summed E-state index contributed by atoms with van der Waals surface area (Å²) in [6.07, 6.45) is 0.963. The lowest BCUT2D eigenvalue weighted by Gasteiger charge is -2.24. The lowest BCUT2D eigenvalue weighted by molar-refractivity contribution is -0.142. The third-order valence-corrected chi connectivity index (χ3v) is 2.68. The number of carbonyl (C=O) groups is 2. The molecule has 106 valence electrons. The van der Waals surface area contributed by atoms with Crippen molar-refractivity contribution < 1.29 is 14.3 Å². The van der Waals surface area contributed by atoms with Crippen molar-refractivity contribution in [3.63, 3.8) is 0 Å². The summed E-state index contributed by atoms with van der Waals surface area (Å²) >= 11 is 0. The van der Waals surface area contributed by atoms with Gasteiger partial charge in [-0.15, -0.1) is 0 Å². The second-order valence-electron chi connectivity index (χ2n) is 5.11. The third kappa shape index (κ3) is 8.06. The largest absolute Gasteiger partial charge is 0.468 e. The summed E-state index contributed by atoms with van der Waals surface area (Å²) in [6.45, 7) is 9.18. The highest BCUT2D eigenvalue weighted by molar-refractivity contribution is 5.79. The first kappa shape index (κ1) is 16.9. The number of carbonyl (C=O) groups excluding carboxylic acids is 2. The lowest BCUT2D eigenvalue weighted by atomic mass is 10.1. The Morgan fingerprint density at radius 1 is 1.17 bits per heavy atom. The molecule has 0 aliphatic heterocycles. The van der Waals surface area contributed by atoms with E-state index in [0.717, 1.165) is 6.42 Å². The first-order valence-corrected chi connectivity index (χ1v) is 6.44. The van der Waals surface area contributed by atoms with Crippen LogP contribution < -0.4 is 5.32 Å². The van der Waals surface area contributed by atoms with Gasteiger partial charge in [0.2, 0.25) is 5.91 Å². The molecule has 5 nitrogen and oxygen atoms in total. The first-order chi connectivity index (χ1) is 8.36. The molecule has 0 radical (unpaired) electrons. The molecule has 0 saturated heterocycles. The molecule has 0 atom stereocenters. The molecular weight excluding hydrogens is 232 g/mol. The van der Waals surface area contributed by atoms with Crippen molar-refractivity contribution in [1.29, 1.82) is 0 Å². The zero-order valence-corrected chi connectivity index (χ0v) is 12.2. The topological polar surface area (TPSA) is 58.6 Å². The quantitative estimate of drug-likeness (QED) is 0.661. The molecule has 0 aromatic heterocycles. The van der Waals surface area contributed by atoms with Gasteiger partial charge in [-0.1, -0.05) is 13.8 Å². The Kier molecular flexibility index (Phi) is 8.37. The summed E-state index contributed by atoms with van der Waals surface area (Å²) in [6, 6.07) is 0.125. The molecule has 5 heteroatoms. The summed E-state index contributed by atoms with van der Waals surface area (Å²) < 4.78 is 4.61. The second-order valence-corrected chi connectivity index (χ2v) is 5.11. The predicted octanol–water partition coefficient (Wildman–Crippen LogP) is 1.03. The fourth-order valence-electron chi connectivity index (χ4n) is 1.39. The van der Waals surface area contributed by atoms with Crippen LogP contribution in [0.25, 0.3) is 0 Å². The number of hydrogen-bond donors (Lipinski definition) is 1. The number of nitrogens with zero attached hydrogens (tertiary/aromatic N) is 1. The van der Waals surface area contributed by atoms with E-state index in [2.05, 4.69) is 23.9 Å². The molecule has 0 bridgehead atoms. The second kappa shape index (κ2) is 8.91. The molecule has 18 heavy (non-hydrogen) atoms. The Labute approximate surface area is 110 Å². The van der Waals surface area contributed by atoms with E-state index >= 15 is 0 Å². The Hall–Kier alpha value is -1.10. The Balaban J connectivity index is 4.08. The Morgan fingerprint density at radius 3 is 2.22 bits per heavy atom. The van der Waals surface area contributed by atoms with Crippen LogP contribution in [0.1, 0.15) is 34.1 Å². The molecule has 0 saturated carbocycles. The smallest absolute Gasteiger partial charge is 0.319 e. The zero-order valence-electron chi connectivity index (χ0n) is 12.2. The maximum atomic E-state index is 11.7. The molecule has 0 aromatic carbocycles. The van der Waals surface area contributed by atoms with E-state index < -0.39 is 0 Å². The van der Waals surface area contributed by atoms with Crippen LogP contribution in [-0.2, 0) is 14.3 Å². The van der Waals surface area contributed by atoms with Crippen molar-refractivity contribution in [2.75, 3.05) is 26.7 Å². The minimum atomic E-state index is -0.321. The van der Waals surface area contributed by atoms with Gasteiger partial charge >= 0.3 is 5.97 Å². The Morgan fingerprint density at radius 2 is 1.78 bits per heavy atom. The molecule has 1 N–H and O–H groups in total. The zero-order chi connectivity index (χ0) is 14.1. The third-order valence-electron chi connectivity index (χ3n) is 2.68. The summed E-state index contributed by atoms with van der Waals surface area (Å²) in [5.74, 6) is 0.202. The first-order valence-electron chi connectivity index (χ1n) is 6.44. The molecule has 0 unspecified atom stereocenters. The molecular formula is C13H26N2O3. The molecule has 0 rings (SSSR count). The molecule has 0 spiro atoms. The molecule has 0 heterocycles. The summed E-state index contributed by atoms with van der Waals surface area (Å²) in [5.41, 5.74) is 0. The average Bonchev–Trinajstić information content (AvgIpc) is 2.27. The number of esters is 1. The van der Waals surface area contributed by atoms with Crippen LogP contribution >= 0.6 is 0 Å². The highest BCUT2D eigenvalue weighted by atomic mass is 16.5.